The number of aliphatic hydroxyl groups is 6. The molecule has 516 valence electrons. The van der Waals surface area contributed by atoms with Crippen molar-refractivity contribution in [2.75, 3.05) is 99.0 Å². The fraction of sp³-hybridized carbons (Fsp3) is 0.638. The zero-order valence-corrected chi connectivity index (χ0v) is 50.9. The lowest BCUT2D eigenvalue weighted by molar-refractivity contribution is -0.271. The van der Waals surface area contributed by atoms with Crippen molar-refractivity contribution < 1.29 is 146 Å². The fourth-order valence-corrected chi connectivity index (χ4v) is 8.68. The van der Waals surface area contributed by atoms with Gasteiger partial charge in [0.15, 0.2) is 23.8 Å². The Balaban J connectivity index is 1.16. The molecular formula is C58H84N4O30. The van der Waals surface area contributed by atoms with Gasteiger partial charge in [-0.15, -0.1) is 0 Å². The normalized spacial score (nSPS) is 21.5. The SMILES string of the molecule is CC(=O)OCc1ccc(O[C@@H]2O[C@H](C(=O)O)[C@@H](O)[C@H](O)[C@H]2O)c(C(=O)CCCOCCOCC(=O)N[C@@H](CCCCNC(=O)COCCOCCNC(=O)c2cc(COC(C)=O)ccc2O[C@@H]2O[C@H](C(=O)O)[C@@H](O)[C@H](O)[C@H]2O)C(=O)CCCOCCOCCON)c1. The van der Waals surface area contributed by atoms with E-state index in [1.165, 1.54) is 50.2 Å². The summed E-state index contributed by atoms with van der Waals surface area (Å²) in [6, 6.07) is 7.27. The van der Waals surface area contributed by atoms with Crippen molar-refractivity contribution in [3.05, 3.63) is 58.7 Å². The van der Waals surface area contributed by atoms with E-state index in [0.717, 1.165) is 0 Å². The molecule has 3 amide bonds. The lowest BCUT2D eigenvalue weighted by atomic mass is 9.98. The first kappa shape index (κ1) is 77.5. The van der Waals surface area contributed by atoms with Gasteiger partial charge in [0.05, 0.1) is 76.6 Å². The molecule has 2 aliphatic heterocycles. The minimum Gasteiger partial charge on any atom is -0.479 e. The summed E-state index contributed by atoms with van der Waals surface area (Å²) in [7, 11) is 0. The van der Waals surface area contributed by atoms with Crippen LogP contribution in [0.15, 0.2) is 36.4 Å². The average Bonchev–Trinajstić information content (AvgIpc) is 0.821. The third kappa shape index (κ3) is 27.7. The lowest BCUT2D eigenvalue weighted by Crippen LogP contribution is -2.61. The molecule has 2 fully saturated rings. The Kier molecular flexibility index (Phi) is 35.6. The van der Waals surface area contributed by atoms with Crippen LogP contribution in [0, 0.1) is 0 Å². The first-order valence-electron chi connectivity index (χ1n) is 29.4. The second-order valence-corrected chi connectivity index (χ2v) is 20.7. The van der Waals surface area contributed by atoms with Crippen LogP contribution in [0.4, 0.5) is 0 Å². The van der Waals surface area contributed by atoms with Crippen molar-refractivity contribution in [1.82, 2.24) is 16.0 Å². The van der Waals surface area contributed by atoms with E-state index < -0.39 is 121 Å². The highest BCUT2D eigenvalue weighted by Crippen LogP contribution is 2.31. The van der Waals surface area contributed by atoms with Gasteiger partial charge in [-0.25, -0.2) is 15.5 Å². The van der Waals surface area contributed by atoms with Gasteiger partial charge in [0.2, 0.25) is 24.4 Å². The number of benzene rings is 2. The summed E-state index contributed by atoms with van der Waals surface area (Å²) >= 11 is 0. The Morgan fingerprint density at radius 1 is 0.511 bits per heavy atom. The largest absolute Gasteiger partial charge is 0.479 e. The molecular weight excluding hydrogens is 1230 g/mol. The van der Waals surface area contributed by atoms with Crippen LogP contribution in [0.5, 0.6) is 11.5 Å². The first-order chi connectivity index (χ1) is 44.0. The van der Waals surface area contributed by atoms with Crippen LogP contribution in [-0.4, -0.2) is 260 Å². The number of nitrogens with one attached hydrogen (secondary N) is 3. The highest BCUT2D eigenvalue weighted by Gasteiger charge is 2.49. The third-order valence-electron chi connectivity index (χ3n) is 13.5. The molecule has 2 aliphatic rings. The maximum Gasteiger partial charge on any atom is 0.335 e. The fourth-order valence-electron chi connectivity index (χ4n) is 8.68. The molecule has 34 nitrogen and oxygen atoms in total. The molecule has 34 heteroatoms. The van der Waals surface area contributed by atoms with E-state index >= 15 is 0 Å². The number of nitrogens with two attached hydrogens (primary N) is 1. The van der Waals surface area contributed by atoms with E-state index in [4.69, 9.17) is 62.7 Å². The minimum absolute atomic E-state index is 0.00281. The quantitative estimate of drug-likeness (QED) is 0.0135. The molecule has 11 atom stereocenters. The number of carbonyl (C=O) groups is 9. The zero-order valence-electron chi connectivity index (χ0n) is 50.9. The molecule has 0 radical (unpaired) electrons. The third-order valence-corrected chi connectivity index (χ3v) is 13.5. The number of ether oxygens (including phenoxy) is 12. The van der Waals surface area contributed by atoms with Crippen molar-refractivity contribution in [3.63, 3.8) is 0 Å². The molecule has 0 spiro atoms. The number of ketones is 2. The molecule has 92 heavy (non-hydrogen) atoms. The number of aliphatic carboxylic acids is 2. The summed E-state index contributed by atoms with van der Waals surface area (Å²) in [5, 5.41) is 88.4. The van der Waals surface area contributed by atoms with Gasteiger partial charge in [-0.3, -0.25) is 33.6 Å². The Morgan fingerprint density at radius 2 is 0.978 bits per heavy atom. The van der Waals surface area contributed by atoms with Gasteiger partial charge in [0.1, 0.15) is 74.6 Å². The van der Waals surface area contributed by atoms with Gasteiger partial charge in [-0.05, 0) is 67.5 Å². The maximum absolute atomic E-state index is 13.5. The van der Waals surface area contributed by atoms with E-state index in [1.807, 2.05) is 0 Å². The summed E-state index contributed by atoms with van der Waals surface area (Å²) in [5.41, 5.74) is 0.546. The van der Waals surface area contributed by atoms with E-state index in [2.05, 4.69) is 20.8 Å². The van der Waals surface area contributed by atoms with Crippen LogP contribution in [0.1, 0.15) is 90.6 Å². The Labute approximate surface area is 527 Å². The number of unbranched alkanes of at least 4 members (excludes halogenated alkanes) is 1. The molecule has 13 N–H and O–H groups in total. The highest BCUT2D eigenvalue weighted by molar-refractivity contribution is 5.99. The highest BCUT2D eigenvalue weighted by atomic mass is 16.7. The summed E-state index contributed by atoms with van der Waals surface area (Å²) in [5.74, 6) is -2.34. The van der Waals surface area contributed by atoms with Crippen molar-refractivity contribution in [2.24, 2.45) is 5.90 Å². The van der Waals surface area contributed by atoms with E-state index in [1.54, 1.807) is 0 Å². The van der Waals surface area contributed by atoms with E-state index in [-0.39, 0.29) is 160 Å². The van der Waals surface area contributed by atoms with Crippen LogP contribution < -0.4 is 31.3 Å². The molecule has 2 saturated heterocycles. The van der Waals surface area contributed by atoms with E-state index in [0.29, 0.717) is 30.4 Å². The number of aliphatic hydroxyl groups excluding tert-OH is 6. The zero-order chi connectivity index (χ0) is 67.5. The number of hydrogen-bond donors (Lipinski definition) is 12. The Morgan fingerprint density at radius 3 is 1.50 bits per heavy atom. The van der Waals surface area contributed by atoms with Crippen molar-refractivity contribution in [1.29, 1.82) is 0 Å². The molecule has 0 aromatic heterocycles. The molecule has 0 unspecified atom stereocenters. The molecule has 0 saturated carbocycles. The van der Waals surface area contributed by atoms with Crippen LogP contribution in [-0.2, 0) is 99.0 Å². The number of Topliss-reactive ketones (excluding diaryl/α,β-unsaturated/α-hetero) is 2. The van der Waals surface area contributed by atoms with Gasteiger partial charge in [0, 0.05) is 53.0 Å². The van der Waals surface area contributed by atoms with Gasteiger partial charge < -0.3 is 118 Å². The molecule has 0 bridgehead atoms. The number of carbonyl (C=O) groups excluding carboxylic acids is 7. The number of carboxylic acid groups (broad SMARTS) is 2. The molecule has 0 aliphatic carbocycles. The predicted octanol–water partition coefficient (Wildman–Crippen LogP) is -3.14. The maximum atomic E-state index is 13.5. The van der Waals surface area contributed by atoms with Gasteiger partial charge >= 0.3 is 23.9 Å². The Bertz CT molecular complexity index is 2670. The summed E-state index contributed by atoms with van der Waals surface area (Å²) in [4.78, 5) is 116. The molecule has 2 aromatic carbocycles. The average molecular weight is 1320 g/mol. The second-order valence-electron chi connectivity index (χ2n) is 20.7. The minimum atomic E-state index is -1.98. The van der Waals surface area contributed by atoms with Gasteiger partial charge in [-0.1, -0.05) is 12.1 Å². The number of rotatable bonds is 46. The van der Waals surface area contributed by atoms with Gasteiger partial charge in [0.25, 0.3) is 5.91 Å². The topological polar surface area (TPSA) is 498 Å². The lowest BCUT2D eigenvalue weighted by Gasteiger charge is -2.38. The van der Waals surface area contributed by atoms with Crippen molar-refractivity contribution in [3.8, 4) is 11.5 Å². The first-order valence-corrected chi connectivity index (χ1v) is 29.4. The van der Waals surface area contributed by atoms with E-state index in [9.17, 15) is 84.0 Å². The smallest absolute Gasteiger partial charge is 0.335 e. The van der Waals surface area contributed by atoms with Crippen LogP contribution in [0.25, 0.3) is 0 Å². The van der Waals surface area contributed by atoms with Crippen LogP contribution in [0.2, 0.25) is 0 Å². The summed E-state index contributed by atoms with van der Waals surface area (Å²) in [6.07, 6.45) is -17.7. The predicted molar refractivity (Wildman–Crippen MR) is 308 cm³/mol. The van der Waals surface area contributed by atoms with Crippen LogP contribution in [0.3, 0.4) is 0 Å². The Hall–Kier alpha value is -6.97. The number of hydrogen-bond acceptors (Lipinski definition) is 29. The summed E-state index contributed by atoms with van der Waals surface area (Å²) < 4.78 is 64.5. The monoisotopic (exact) mass is 1320 g/mol. The standard InChI is InChI=1S/C58H84N4O30/c1-33(63)86-29-35-10-12-42(89-57-50(73)46(69)48(71)52(91-57)55(76)77)37(27-35)40(65)8-5-16-81-21-23-85-32-45(68)62-39(41(66)9-6-17-80-19-20-83-25-26-88-59)7-3-4-14-60-44(67)31-84-24-22-82-18-15-61-54(75)38-28-36(30-87-34(2)64)11-13-43(38)90-58-51(74)47(70)49(72)53(92-58)56(78)79/h10-13,27-28,39,46-53,57-58,69-74H,3-9,14-26,29-32,59H2,1-2H3,(H,60,67)(H,61,75)(H,62,68)(H,76,77)(H,78,79)/t39-,46-,47-,48-,49-,50+,51+,52-,53-,57+,58+/m0/s1. The molecule has 2 aromatic rings. The molecule has 2 heterocycles. The van der Waals surface area contributed by atoms with Crippen LogP contribution >= 0.6 is 0 Å². The van der Waals surface area contributed by atoms with Crippen molar-refractivity contribution >= 4 is 53.2 Å². The number of esters is 2. The van der Waals surface area contributed by atoms with Crippen molar-refractivity contribution in [2.45, 2.75) is 139 Å². The van der Waals surface area contributed by atoms with Gasteiger partial charge in [-0.2, -0.15) is 0 Å². The number of carboxylic acids is 2. The second kappa shape index (κ2) is 42.3. The molecule has 4 rings (SSSR count). The number of amides is 3. The summed E-state index contributed by atoms with van der Waals surface area (Å²) in [6.45, 7) is 2.73.